The van der Waals surface area contributed by atoms with E-state index in [4.69, 9.17) is 41.2 Å². The second kappa shape index (κ2) is 11.8. The molecule has 0 aliphatic carbocycles. The van der Waals surface area contributed by atoms with Crippen molar-refractivity contribution < 1.29 is 4.79 Å². The molecule has 1 saturated heterocycles. The first-order chi connectivity index (χ1) is 15.3. The zero-order valence-corrected chi connectivity index (χ0v) is 20.8. The fourth-order valence-electron chi connectivity index (χ4n) is 3.41. The SMILES string of the molecule is CC(=O)NC1CCN(Cc2ccc(Cl)c(Cl)c2)CC1.Nc1ccc(-c2csc(=S)[nH]2)cn1. The Labute approximate surface area is 206 Å². The topological polar surface area (TPSA) is 87.0 Å². The summed E-state index contributed by atoms with van der Waals surface area (Å²) >= 11 is 18.4. The Morgan fingerprint density at radius 3 is 2.59 bits per heavy atom. The van der Waals surface area contributed by atoms with Crippen LogP contribution >= 0.6 is 46.8 Å². The molecule has 0 saturated carbocycles. The zero-order chi connectivity index (χ0) is 23.1. The molecule has 3 heterocycles. The van der Waals surface area contributed by atoms with E-state index in [9.17, 15) is 4.79 Å². The van der Waals surface area contributed by atoms with Gasteiger partial charge in [-0.1, -0.05) is 29.3 Å². The van der Waals surface area contributed by atoms with Crippen LogP contribution in [0.3, 0.4) is 0 Å². The number of nitrogen functional groups attached to an aromatic ring is 1. The third kappa shape index (κ3) is 7.56. The van der Waals surface area contributed by atoms with Gasteiger partial charge in [0, 0.05) is 49.7 Å². The monoisotopic (exact) mass is 509 g/mol. The van der Waals surface area contributed by atoms with Gasteiger partial charge in [-0.25, -0.2) is 4.98 Å². The van der Waals surface area contributed by atoms with E-state index >= 15 is 0 Å². The highest BCUT2D eigenvalue weighted by atomic mass is 35.5. The lowest BCUT2D eigenvalue weighted by atomic mass is 10.0. The number of amides is 1. The molecule has 1 fully saturated rings. The number of anilines is 1. The Hall–Kier alpha value is -1.97. The molecule has 4 rings (SSSR count). The van der Waals surface area contributed by atoms with Gasteiger partial charge >= 0.3 is 0 Å². The third-order valence-corrected chi connectivity index (χ3v) is 6.80. The zero-order valence-electron chi connectivity index (χ0n) is 17.6. The predicted octanol–water partition coefficient (Wildman–Crippen LogP) is 5.54. The number of benzene rings is 1. The standard InChI is InChI=1S/C14H18Cl2N2O.C8H7N3S2/c1-10(19)17-12-4-6-18(7-5-12)9-11-2-3-13(15)14(16)8-11;9-7-2-1-5(3-10-7)6-4-13-8(12)11-6/h2-3,8,12H,4-7,9H2,1H3,(H,17,19);1-4H,(H2,9,10)(H,11,12). The van der Waals surface area contributed by atoms with Crippen LogP contribution in [-0.2, 0) is 11.3 Å². The second-order valence-electron chi connectivity index (χ2n) is 7.53. The Morgan fingerprint density at radius 2 is 2.03 bits per heavy atom. The first-order valence-electron chi connectivity index (χ1n) is 10.1. The molecule has 170 valence electrons. The van der Waals surface area contributed by atoms with E-state index in [1.165, 1.54) is 16.9 Å². The van der Waals surface area contributed by atoms with Crippen LogP contribution in [0.1, 0.15) is 25.3 Å². The predicted molar refractivity (Wildman–Crippen MR) is 136 cm³/mol. The van der Waals surface area contributed by atoms with Crippen LogP contribution < -0.4 is 11.1 Å². The number of thiazole rings is 1. The number of pyridine rings is 1. The van der Waals surface area contributed by atoms with Gasteiger partial charge in [0.25, 0.3) is 0 Å². The third-order valence-electron chi connectivity index (χ3n) is 5.00. The number of nitrogens with zero attached hydrogens (tertiary/aromatic N) is 2. The Bertz CT molecular complexity index is 1090. The van der Waals surface area contributed by atoms with E-state index in [1.54, 1.807) is 19.2 Å². The number of halogens is 2. The molecular formula is C22H25Cl2N5OS2. The van der Waals surface area contributed by atoms with Crippen LogP contribution in [0.2, 0.25) is 10.0 Å². The van der Waals surface area contributed by atoms with Crippen molar-refractivity contribution in [3.05, 3.63) is 61.5 Å². The van der Waals surface area contributed by atoms with E-state index in [2.05, 4.69) is 20.2 Å². The number of hydrogen-bond acceptors (Lipinski definition) is 6. The van der Waals surface area contributed by atoms with Gasteiger partial charge in [0.15, 0.2) is 3.95 Å². The van der Waals surface area contributed by atoms with E-state index < -0.39 is 0 Å². The lowest BCUT2D eigenvalue weighted by Gasteiger charge is -2.32. The van der Waals surface area contributed by atoms with E-state index in [0.29, 0.717) is 21.9 Å². The van der Waals surface area contributed by atoms with Crippen molar-refractivity contribution in [3.8, 4) is 11.3 Å². The molecular weight excluding hydrogens is 485 g/mol. The molecule has 0 radical (unpaired) electrons. The fourth-order valence-corrected chi connectivity index (χ4v) is 4.57. The molecule has 0 unspecified atom stereocenters. The number of likely N-dealkylation sites (tertiary alicyclic amines) is 1. The molecule has 1 aromatic carbocycles. The first kappa shape index (κ1) is 24.7. The first-order valence-corrected chi connectivity index (χ1v) is 12.2. The van der Waals surface area contributed by atoms with Crippen molar-refractivity contribution >= 4 is 58.5 Å². The van der Waals surface area contributed by atoms with Crippen LogP contribution in [0, 0.1) is 3.95 Å². The number of piperidine rings is 1. The highest BCUT2D eigenvalue weighted by molar-refractivity contribution is 7.73. The van der Waals surface area contributed by atoms with E-state index in [1.807, 2.05) is 29.6 Å². The minimum atomic E-state index is 0.0583. The maximum absolute atomic E-state index is 11.0. The maximum Gasteiger partial charge on any atom is 0.217 e. The normalized spacial score (nSPS) is 14.5. The van der Waals surface area contributed by atoms with Gasteiger partial charge in [-0.05, 0) is 54.9 Å². The van der Waals surface area contributed by atoms with Gasteiger partial charge in [-0.3, -0.25) is 9.69 Å². The Balaban J connectivity index is 0.000000193. The van der Waals surface area contributed by atoms with Crippen molar-refractivity contribution in [2.24, 2.45) is 0 Å². The van der Waals surface area contributed by atoms with Gasteiger partial charge in [-0.15, -0.1) is 11.3 Å². The average Bonchev–Trinajstić information content (AvgIpc) is 3.19. The van der Waals surface area contributed by atoms with Crippen molar-refractivity contribution in [2.75, 3.05) is 18.8 Å². The van der Waals surface area contributed by atoms with Gasteiger partial charge in [0.1, 0.15) is 5.82 Å². The molecule has 2 aromatic heterocycles. The number of hydrogen-bond donors (Lipinski definition) is 3. The Kier molecular flexibility index (Phi) is 9.07. The molecule has 4 N–H and O–H groups in total. The number of aromatic nitrogens is 2. The van der Waals surface area contributed by atoms with Crippen molar-refractivity contribution in [3.63, 3.8) is 0 Å². The van der Waals surface area contributed by atoms with Gasteiger partial charge in [0.05, 0.1) is 15.7 Å². The van der Waals surface area contributed by atoms with E-state index in [0.717, 1.165) is 47.7 Å². The summed E-state index contributed by atoms with van der Waals surface area (Å²) in [7, 11) is 0. The van der Waals surface area contributed by atoms with Gasteiger partial charge < -0.3 is 16.0 Å². The minimum absolute atomic E-state index is 0.0583. The van der Waals surface area contributed by atoms with E-state index in [-0.39, 0.29) is 5.91 Å². The van der Waals surface area contributed by atoms with Crippen LogP contribution in [0.5, 0.6) is 0 Å². The van der Waals surface area contributed by atoms with Crippen molar-refractivity contribution in [2.45, 2.75) is 32.4 Å². The number of nitrogens with one attached hydrogen (secondary N) is 2. The lowest BCUT2D eigenvalue weighted by molar-refractivity contribution is -0.119. The Morgan fingerprint density at radius 1 is 1.28 bits per heavy atom. The minimum Gasteiger partial charge on any atom is -0.384 e. The molecule has 32 heavy (non-hydrogen) atoms. The van der Waals surface area contributed by atoms with Crippen LogP contribution in [0.4, 0.5) is 5.82 Å². The van der Waals surface area contributed by atoms with Crippen molar-refractivity contribution in [1.82, 2.24) is 20.2 Å². The number of carbonyl (C=O) groups is 1. The van der Waals surface area contributed by atoms with Crippen molar-refractivity contribution in [1.29, 1.82) is 0 Å². The summed E-state index contributed by atoms with van der Waals surface area (Å²) in [5.41, 5.74) is 8.63. The summed E-state index contributed by atoms with van der Waals surface area (Å²) in [4.78, 5) is 20.4. The number of rotatable bonds is 4. The molecule has 10 heteroatoms. The number of H-pyrrole nitrogens is 1. The lowest BCUT2D eigenvalue weighted by Crippen LogP contribution is -2.43. The fraction of sp³-hybridized carbons (Fsp3) is 0.318. The summed E-state index contributed by atoms with van der Waals surface area (Å²) in [5.74, 6) is 0.584. The summed E-state index contributed by atoms with van der Waals surface area (Å²) in [6.07, 6.45) is 3.73. The van der Waals surface area contributed by atoms with Crippen LogP contribution in [0.15, 0.2) is 41.9 Å². The number of carbonyl (C=O) groups excluding carboxylic acids is 1. The number of nitrogens with two attached hydrogens (primary N) is 1. The molecule has 6 nitrogen and oxygen atoms in total. The van der Waals surface area contributed by atoms with Gasteiger partial charge in [-0.2, -0.15) is 0 Å². The molecule has 1 aliphatic rings. The molecule has 0 spiro atoms. The highest BCUT2D eigenvalue weighted by Gasteiger charge is 2.19. The quantitative estimate of drug-likeness (QED) is 0.401. The highest BCUT2D eigenvalue weighted by Crippen LogP contribution is 2.24. The van der Waals surface area contributed by atoms with Crippen LogP contribution in [-0.4, -0.2) is 39.9 Å². The average molecular weight is 511 g/mol. The maximum atomic E-state index is 11.0. The molecule has 0 atom stereocenters. The summed E-state index contributed by atoms with van der Waals surface area (Å²) in [6.45, 7) is 4.43. The smallest absolute Gasteiger partial charge is 0.217 e. The molecule has 0 bridgehead atoms. The van der Waals surface area contributed by atoms with Gasteiger partial charge in [0.2, 0.25) is 5.91 Å². The summed E-state index contributed by atoms with van der Waals surface area (Å²) < 4.78 is 0.770. The largest absolute Gasteiger partial charge is 0.384 e. The molecule has 1 amide bonds. The molecule has 3 aromatic rings. The summed E-state index contributed by atoms with van der Waals surface area (Å²) in [6, 6.07) is 9.77. The summed E-state index contributed by atoms with van der Waals surface area (Å²) in [5, 5.41) is 6.14. The van der Waals surface area contributed by atoms with Crippen LogP contribution in [0.25, 0.3) is 11.3 Å². The molecule has 1 aliphatic heterocycles. The second-order valence-corrected chi connectivity index (χ2v) is 9.89. The number of aromatic amines is 1.